The van der Waals surface area contributed by atoms with Crippen molar-refractivity contribution < 1.29 is 8.39 Å². The van der Waals surface area contributed by atoms with E-state index < -0.39 is 11.3 Å². The van der Waals surface area contributed by atoms with E-state index in [4.69, 9.17) is 0 Å². The average molecular weight is 133 g/mol. The fraction of sp³-hybridized carbons (Fsp3) is 0.500. The Morgan fingerprint density at radius 3 is 3.12 bits per heavy atom. The van der Waals surface area contributed by atoms with Gasteiger partial charge in [0, 0.05) is 6.54 Å². The average Bonchev–Trinajstić information content (AvgIpc) is 1.77. The maximum Gasteiger partial charge on any atom is 0.287 e. The smallest absolute Gasteiger partial charge is 0.287 e. The molecule has 0 radical (unpaired) electrons. The molecular weight excluding hydrogens is 126 g/mol. The van der Waals surface area contributed by atoms with Crippen LogP contribution in [-0.2, 0) is 15.4 Å². The molecule has 8 heavy (non-hydrogen) atoms. The molecule has 1 N–H and O–H groups in total. The molecule has 0 bridgehead atoms. The van der Waals surface area contributed by atoms with E-state index in [-0.39, 0.29) is 0 Å². The van der Waals surface area contributed by atoms with Crippen LogP contribution in [0.15, 0.2) is 11.8 Å². The Morgan fingerprint density at radius 1 is 2.00 bits per heavy atom. The Bertz CT molecular complexity index is 143. The summed E-state index contributed by atoms with van der Waals surface area (Å²) < 4.78 is 17.5. The lowest BCUT2D eigenvalue weighted by atomic mass is 10.3. The van der Waals surface area contributed by atoms with Crippen LogP contribution in [0, 0.1) is 0 Å². The van der Waals surface area contributed by atoms with Crippen LogP contribution in [0.1, 0.15) is 6.92 Å². The zero-order chi connectivity index (χ0) is 5.98. The van der Waals surface area contributed by atoms with Gasteiger partial charge < -0.3 is 4.18 Å². The van der Waals surface area contributed by atoms with Gasteiger partial charge in [-0.3, -0.25) is 0 Å². The third-order valence-electron chi connectivity index (χ3n) is 0.806. The molecule has 0 aliphatic carbocycles. The molecule has 0 spiro atoms. The molecule has 0 amide bonds. The van der Waals surface area contributed by atoms with E-state index in [9.17, 15) is 4.21 Å². The second-order valence-electron chi connectivity index (χ2n) is 1.62. The predicted octanol–water partition coefficient (Wildman–Crippen LogP) is 0.0887. The van der Waals surface area contributed by atoms with Gasteiger partial charge in [-0.15, -0.1) is 0 Å². The van der Waals surface area contributed by atoms with Crippen molar-refractivity contribution in [1.29, 1.82) is 0 Å². The number of hydrogen-bond acceptors (Lipinski definition) is 2. The Balaban J connectivity index is 2.55. The van der Waals surface area contributed by atoms with Crippen molar-refractivity contribution in [3.63, 3.8) is 0 Å². The molecule has 1 unspecified atom stereocenters. The Labute approximate surface area is 50.5 Å². The molecule has 4 heteroatoms. The molecular formula is C4H7NO2S. The first-order valence-electron chi connectivity index (χ1n) is 2.27. The number of hydrogen-bond donors (Lipinski definition) is 1. The summed E-state index contributed by atoms with van der Waals surface area (Å²) in [4.78, 5) is 0. The standard InChI is InChI=1S/C4H7NO2S/c1-4-2-5-8(6)7-3-4/h3,5H,2H2,1H3. The Morgan fingerprint density at radius 2 is 2.75 bits per heavy atom. The molecule has 0 saturated heterocycles. The lowest BCUT2D eigenvalue weighted by molar-refractivity contribution is 0.476. The molecule has 1 rings (SSSR count). The summed E-state index contributed by atoms with van der Waals surface area (Å²) in [5.74, 6) is 0. The molecule has 46 valence electrons. The van der Waals surface area contributed by atoms with Crippen LogP contribution in [0.3, 0.4) is 0 Å². The molecule has 0 aromatic carbocycles. The lowest BCUT2D eigenvalue weighted by Gasteiger charge is -2.08. The van der Waals surface area contributed by atoms with E-state index in [0.29, 0.717) is 6.54 Å². The maximum atomic E-state index is 10.3. The summed E-state index contributed by atoms with van der Waals surface area (Å²) in [5.41, 5.74) is 1.06. The summed E-state index contributed by atoms with van der Waals surface area (Å²) in [6.07, 6.45) is 1.51. The quantitative estimate of drug-likeness (QED) is 0.508. The monoisotopic (exact) mass is 133 g/mol. The normalized spacial score (nSPS) is 28.6. The number of nitrogens with one attached hydrogen (secondary N) is 1. The van der Waals surface area contributed by atoms with E-state index in [1.54, 1.807) is 0 Å². The summed E-state index contributed by atoms with van der Waals surface area (Å²) in [6, 6.07) is 0. The SMILES string of the molecule is CC1=COS(=O)NC1. The van der Waals surface area contributed by atoms with Gasteiger partial charge in [0.25, 0.3) is 11.3 Å². The molecule has 0 aromatic rings. The molecule has 1 atom stereocenters. The van der Waals surface area contributed by atoms with Crippen LogP contribution in [0.25, 0.3) is 0 Å². The van der Waals surface area contributed by atoms with Crippen molar-refractivity contribution >= 4 is 11.3 Å². The van der Waals surface area contributed by atoms with Crippen LogP contribution >= 0.6 is 0 Å². The highest BCUT2D eigenvalue weighted by atomic mass is 32.2. The maximum absolute atomic E-state index is 10.3. The van der Waals surface area contributed by atoms with Gasteiger partial charge in [0.2, 0.25) is 0 Å². The largest absolute Gasteiger partial charge is 0.397 e. The third-order valence-corrected chi connectivity index (χ3v) is 1.46. The van der Waals surface area contributed by atoms with E-state index >= 15 is 0 Å². The van der Waals surface area contributed by atoms with Gasteiger partial charge in [-0.05, 0) is 12.5 Å². The van der Waals surface area contributed by atoms with Gasteiger partial charge in [-0.2, -0.15) is 8.93 Å². The summed E-state index contributed by atoms with van der Waals surface area (Å²) in [5, 5.41) is 0. The van der Waals surface area contributed by atoms with Crippen LogP contribution in [-0.4, -0.2) is 10.8 Å². The van der Waals surface area contributed by atoms with Gasteiger partial charge in [-0.25, -0.2) is 0 Å². The van der Waals surface area contributed by atoms with Gasteiger partial charge >= 0.3 is 0 Å². The molecule has 0 saturated carbocycles. The first kappa shape index (κ1) is 5.78. The Hall–Kier alpha value is -0.350. The molecule has 3 nitrogen and oxygen atoms in total. The minimum absolute atomic E-state index is 0.659. The molecule has 0 fully saturated rings. The predicted molar refractivity (Wildman–Crippen MR) is 31.0 cm³/mol. The Kier molecular flexibility index (Phi) is 1.65. The van der Waals surface area contributed by atoms with E-state index in [0.717, 1.165) is 5.57 Å². The lowest BCUT2D eigenvalue weighted by Crippen LogP contribution is -2.23. The summed E-state index contributed by atoms with van der Waals surface area (Å²) in [6.45, 7) is 2.57. The van der Waals surface area contributed by atoms with E-state index in [1.165, 1.54) is 6.26 Å². The highest BCUT2D eigenvalue weighted by Crippen LogP contribution is 1.98. The van der Waals surface area contributed by atoms with Crippen molar-refractivity contribution in [1.82, 2.24) is 4.72 Å². The number of rotatable bonds is 0. The topological polar surface area (TPSA) is 38.3 Å². The van der Waals surface area contributed by atoms with Crippen molar-refractivity contribution in [2.45, 2.75) is 6.92 Å². The molecule has 1 aliphatic heterocycles. The minimum Gasteiger partial charge on any atom is -0.397 e. The highest BCUT2D eigenvalue weighted by Gasteiger charge is 2.03. The third kappa shape index (κ3) is 1.31. The van der Waals surface area contributed by atoms with Gasteiger partial charge in [-0.1, -0.05) is 0 Å². The van der Waals surface area contributed by atoms with Crippen molar-refractivity contribution in [2.75, 3.05) is 6.54 Å². The second kappa shape index (κ2) is 2.28. The van der Waals surface area contributed by atoms with Crippen LogP contribution in [0.2, 0.25) is 0 Å². The van der Waals surface area contributed by atoms with Gasteiger partial charge in [0.05, 0.1) is 0 Å². The zero-order valence-corrected chi connectivity index (χ0v) is 5.33. The summed E-state index contributed by atoms with van der Waals surface area (Å²) in [7, 11) is 0. The van der Waals surface area contributed by atoms with Gasteiger partial charge in [0.1, 0.15) is 6.26 Å². The fourth-order valence-electron chi connectivity index (χ4n) is 0.374. The van der Waals surface area contributed by atoms with Crippen molar-refractivity contribution in [3.8, 4) is 0 Å². The molecule has 1 aliphatic rings. The zero-order valence-electron chi connectivity index (χ0n) is 4.51. The summed E-state index contributed by atoms with van der Waals surface area (Å²) >= 11 is -1.29. The van der Waals surface area contributed by atoms with Crippen molar-refractivity contribution in [2.24, 2.45) is 0 Å². The second-order valence-corrected chi connectivity index (χ2v) is 2.57. The van der Waals surface area contributed by atoms with Crippen LogP contribution in [0.5, 0.6) is 0 Å². The first-order chi connectivity index (χ1) is 3.79. The van der Waals surface area contributed by atoms with Crippen LogP contribution in [0.4, 0.5) is 0 Å². The van der Waals surface area contributed by atoms with Crippen LogP contribution < -0.4 is 4.72 Å². The minimum atomic E-state index is -1.29. The molecule has 0 aromatic heterocycles. The van der Waals surface area contributed by atoms with E-state index in [1.807, 2.05) is 6.92 Å². The first-order valence-corrected chi connectivity index (χ1v) is 3.34. The fourth-order valence-corrected chi connectivity index (χ4v) is 1.04. The van der Waals surface area contributed by atoms with Gasteiger partial charge in [0.15, 0.2) is 0 Å². The van der Waals surface area contributed by atoms with Crippen molar-refractivity contribution in [3.05, 3.63) is 11.8 Å². The molecule has 1 heterocycles. The van der Waals surface area contributed by atoms with E-state index in [2.05, 4.69) is 8.91 Å². The highest BCUT2D eigenvalue weighted by molar-refractivity contribution is 7.78.